The Kier molecular flexibility index (Phi) is 5.62. The number of carbonyl (C=O) groups is 1. The highest BCUT2D eigenvalue weighted by molar-refractivity contribution is 5.94. The number of amides is 1. The summed E-state index contributed by atoms with van der Waals surface area (Å²) in [6, 6.07) is 14.0. The number of aromatic nitrogens is 2. The summed E-state index contributed by atoms with van der Waals surface area (Å²) in [6.45, 7) is 4.06. The second-order valence-electron chi connectivity index (χ2n) is 7.54. The van der Waals surface area contributed by atoms with Gasteiger partial charge in [-0.15, -0.1) is 0 Å². The third-order valence-electron chi connectivity index (χ3n) is 5.50. The highest BCUT2D eigenvalue weighted by Crippen LogP contribution is 2.19. The Bertz CT molecular complexity index is 959. The number of aliphatic hydroxyl groups is 1. The Morgan fingerprint density at radius 1 is 1.17 bits per heavy atom. The Labute approximate surface area is 170 Å². The Morgan fingerprint density at radius 2 is 1.93 bits per heavy atom. The average molecular weight is 390 g/mol. The van der Waals surface area contributed by atoms with Crippen LogP contribution in [0.5, 0.6) is 0 Å². The summed E-state index contributed by atoms with van der Waals surface area (Å²) < 4.78 is 1.99. The lowest BCUT2D eigenvalue weighted by Crippen LogP contribution is -2.40. The standard InChI is InChI=1S/C23H26N4O2/c1-17-14-21(27-13-10-24-16-27)7-4-19(17)15-25-20-5-2-18(3-6-20)23(29)26-11-8-22(28)9-12-26/h2-7,10,13-14,16,22,25,28H,8-9,11-12,15H2,1H3. The predicted octanol–water partition coefficient (Wildman–Crippen LogP) is 3.39. The van der Waals surface area contributed by atoms with E-state index in [1.54, 1.807) is 12.5 Å². The van der Waals surface area contributed by atoms with Crippen molar-refractivity contribution in [3.05, 3.63) is 77.9 Å². The summed E-state index contributed by atoms with van der Waals surface area (Å²) in [5.41, 5.74) is 5.20. The van der Waals surface area contributed by atoms with Gasteiger partial charge in [-0.25, -0.2) is 4.98 Å². The molecule has 150 valence electrons. The number of rotatable bonds is 5. The fourth-order valence-electron chi connectivity index (χ4n) is 3.63. The minimum atomic E-state index is -0.275. The minimum Gasteiger partial charge on any atom is -0.393 e. The fourth-order valence-corrected chi connectivity index (χ4v) is 3.63. The van der Waals surface area contributed by atoms with Gasteiger partial charge in [0.1, 0.15) is 0 Å². The maximum Gasteiger partial charge on any atom is 0.253 e. The SMILES string of the molecule is Cc1cc(-n2ccnc2)ccc1CNc1ccc(C(=O)N2CCC(O)CC2)cc1. The molecule has 0 bridgehead atoms. The van der Waals surface area contributed by atoms with Crippen LogP contribution in [0.4, 0.5) is 5.69 Å². The van der Waals surface area contributed by atoms with E-state index in [0.717, 1.165) is 11.4 Å². The van der Waals surface area contributed by atoms with Gasteiger partial charge in [-0.2, -0.15) is 0 Å². The number of nitrogens with one attached hydrogen (secondary N) is 1. The van der Waals surface area contributed by atoms with Gasteiger partial charge < -0.3 is 19.9 Å². The summed E-state index contributed by atoms with van der Waals surface area (Å²) in [5.74, 6) is 0.0365. The van der Waals surface area contributed by atoms with Gasteiger partial charge in [0.05, 0.1) is 12.4 Å². The number of nitrogens with zero attached hydrogens (tertiary/aromatic N) is 3. The van der Waals surface area contributed by atoms with Crippen LogP contribution in [0.15, 0.2) is 61.2 Å². The first-order valence-electron chi connectivity index (χ1n) is 9.99. The van der Waals surface area contributed by atoms with E-state index in [1.165, 1.54) is 11.1 Å². The number of hydrogen-bond donors (Lipinski definition) is 2. The van der Waals surface area contributed by atoms with E-state index in [2.05, 4.69) is 35.4 Å². The highest BCUT2D eigenvalue weighted by atomic mass is 16.3. The molecular weight excluding hydrogens is 364 g/mol. The molecule has 1 amide bonds. The normalized spacial score (nSPS) is 14.8. The molecule has 29 heavy (non-hydrogen) atoms. The van der Waals surface area contributed by atoms with Crippen molar-refractivity contribution in [2.45, 2.75) is 32.4 Å². The summed E-state index contributed by atoms with van der Waals surface area (Å²) in [4.78, 5) is 18.5. The zero-order valence-corrected chi connectivity index (χ0v) is 16.6. The van der Waals surface area contributed by atoms with Gasteiger partial charge >= 0.3 is 0 Å². The van der Waals surface area contributed by atoms with Crippen LogP contribution in [0.3, 0.4) is 0 Å². The van der Waals surface area contributed by atoms with E-state index in [9.17, 15) is 9.90 Å². The van der Waals surface area contributed by atoms with Gasteiger partial charge in [0, 0.05) is 49.0 Å². The molecule has 1 aliphatic rings. The van der Waals surface area contributed by atoms with Gasteiger partial charge in [-0.1, -0.05) is 6.07 Å². The number of aryl methyl sites for hydroxylation is 1. The second kappa shape index (κ2) is 8.49. The Morgan fingerprint density at radius 3 is 2.59 bits per heavy atom. The maximum atomic E-state index is 12.6. The molecule has 6 heteroatoms. The maximum absolute atomic E-state index is 12.6. The van der Waals surface area contributed by atoms with Crippen molar-refractivity contribution in [2.24, 2.45) is 0 Å². The summed E-state index contributed by atoms with van der Waals surface area (Å²) >= 11 is 0. The van der Waals surface area contributed by atoms with Crippen LogP contribution in [-0.4, -0.2) is 44.7 Å². The molecule has 0 radical (unpaired) electrons. The molecule has 1 saturated heterocycles. The van der Waals surface area contributed by atoms with Crippen molar-refractivity contribution < 1.29 is 9.90 Å². The number of benzene rings is 2. The topological polar surface area (TPSA) is 70.4 Å². The molecule has 2 heterocycles. The van der Waals surface area contributed by atoms with Crippen LogP contribution in [0.2, 0.25) is 0 Å². The molecule has 0 aliphatic carbocycles. The largest absolute Gasteiger partial charge is 0.393 e. The predicted molar refractivity (Wildman–Crippen MR) is 113 cm³/mol. The third-order valence-corrected chi connectivity index (χ3v) is 5.50. The van der Waals surface area contributed by atoms with Crippen LogP contribution in [-0.2, 0) is 6.54 Å². The summed E-state index contributed by atoms with van der Waals surface area (Å²) in [5, 5.41) is 13.0. The lowest BCUT2D eigenvalue weighted by Gasteiger charge is -2.29. The van der Waals surface area contributed by atoms with Crippen molar-refractivity contribution in [1.29, 1.82) is 0 Å². The Hall–Kier alpha value is -3.12. The first kappa shape index (κ1) is 19.2. The number of imidazole rings is 1. The molecule has 1 fully saturated rings. The van der Waals surface area contributed by atoms with E-state index in [-0.39, 0.29) is 12.0 Å². The first-order chi connectivity index (χ1) is 14.1. The molecular formula is C23H26N4O2. The lowest BCUT2D eigenvalue weighted by atomic mass is 10.1. The Balaban J connectivity index is 1.36. The van der Waals surface area contributed by atoms with E-state index < -0.39 is 0 Å². The van der Waals surface area contributed by atoms with Crippen LogP contribution in [0.1, 0.15) is 34.3 Å². The molecule has 2 aromatic carbocycles. The van der Waals surface area contributed by atoms with Crippen LogP contribution >= 0.6 is 0 Å². The second-order valence-corrected chi connectivity index (χ2v) is 7.54. The van der Waals surface area contributed by atoms with Crippen molar-refractivity contribution >= 4 is 11.6 Å². The number of carbonyl (C=O) groups excluding carboxylic acids is 1. The third kappa shape index (κ3) is 4.49. The van der Waals surface area contributed by atoms with Crippen LogP contribution < -0.4 is 5.32 Å². The quantitative estimate of drug-likeness (QED) is 0.701. The number of piperidine rings is 1. The minimum absolute atomic E-state index is 0.0365. The summed E-state index contributed by atoms with van der Waals surface area (Å²) in [6.07, 6.45) is 6.54. The lowest BCUT2D eigenvalue weighted by molar-refractivity contribution is 0.0546. The van der Waals surface area contributed by atoms with Gasteiger partial charge in [-0.3, -0.25) is 4.79 Å². The first-order valence-corrected chi connectivity index (χ1v) is 9.99. The summed E-state index contributed by atoms with van der Waals surface area (Å²) in [7, 11) is 0. The molecule has 1 aliphatic heterocycles. The number of hydrogen-bond acceptors (Lipinski definition) is 4. The van der Waals surface area contributed by atoms with Gasteiger partial charge in [0.2, 0.25) is 0 Å². The molecule has 0 saturated carbocycles. The molecule has 6 nitrogen and oxygen atoms in total. The van der Waals surface area contributed by atoms with E-state index >= 15 is 0 Å². The molecule has 0 unspecified atom stereocenters. The zero-order valence-electron chi connectivity index (χ0n) is 16.6. The molecule has 1 aromatic heterocycles. The van der Waals surface area contributed by atoms with Gasteiger partial charge in [0.15, 0.2) is 0 Å². The molecule has 3 aromatic rings. The van der Waals surface area contributed by atoms with E-state index in [4.69, 9.17) is 0 Å². The number of likely N-dealkylation sites (tertiary alicyclic amines) is 1. The van der Waals surface area contributed by atoms with Crippen LogP contribution in [0.25, 0.3) is 5.69 Å². The van der Waals surface area contributed by atoms with Crippen molar-refractivity contribution in [1.82, 2.24) is 14.5 Å². The van der Waals surface area contributed by atoms with Crippen molar-refractivity contribution in [3.63, 3.8) is 0 Å². The molecule has 2 N–H and O–H groups in total. The van der Waals surface area contributed by atoms with Crippen LogP contribution in [0, 0.1) is 6.92 Å². The number of aliphatic hydroxyl groups excluding tert-OH is 1. The monoisotopic (exact) mass is 390 g/mol. The molecule has 0 spiro atoms. The smallest absolute Gasteiger partial charge is 0.253 e. The average Bonchev–Trinajstić information content (AvgIpc) is 3.28. The van der Waals surface area contributed by atoms with Gasteiger partial charge in [-0.05, 0) is 67.3 Å². The van der Waals surface area contributed by atoms with Crippen molar-refractivity contribution in [3.8, 4) is 5.69 Å². The van der Waals surface area contributed by atoms with E-state index in [1.807, 2.05) is 39.9 Å². The molecule has 0 atom stereocenters. The van der Waals surface area contributed by atoms with E-state index in [0.29, 0.717) is 38.0 Å². The number of anilines is 1. The van der Waals surface area contributed by atoms with Crippen molar-refractivity contribution in [2.75, 3.05) is 18.4 Å². The molecule has 4 rings (SSSR count). The van der Waals surface area contributed by atoms with Gasteiger partial charge in [0.25, 0.3) is 5.91 Å². The zero-order chi connectivity index (χ0) is 20.2. The highest BCUT2D eigenvalue weighted by Gasteiger charge is 2.22. The fraction of sp³-hybridized carbons (Fsp3) is 0.304.